The first-order valence-electron chi connectivity index (χ1n) is 6.52. The Morgan fingerprint density at radius 2 is 2.11 bits per heavy atom. The van der Waals surface area contributed by atoms with Gasteiger partial charge in [0.1, 0.15) is 11.3 Å². The van der Waals surface area contributed by atoms with Crippen molar-refractivity contribution in [1.82, 2.24) is 9.55 Å². The van der Waals surface area contributed by atoms with Gasteiger partial charge in [-0.2, -0.15) is 0 Å². The van der Waals surface area contributed by atoms with Crippen molar-refractivity contribution in [2.45, 2.75) is 38.1 Å². The molecule has 96 valence electrons. The minimum atomic E-state index is -0.236. The summed E-state index contributed by atoms with van der Waals surface area (Å²) in [4.78, 5) is 4.45. The summed E-state index contributed by atoms with van der Waals surface area (Å²) < 4.78 is 16.0. The lowest BCUT2D eigenvalue weighted by Gasteiger charge is -2.15. The largest absolute Gasteiger partial charge is 0.325 e. The number of rotatable bonds is 3. The third-order valence-corrected chi connectivity index (χ3v) is 3.94. The molecule has 4 heteroatoms. The maximum Gasteiger partial charge on any atom is 0.151 e. The van der Waals surface area contributed by atoms with Crippen molar-refractivity contribution in [3.63, 3.8) is 0 Å². The Hall–Kier alpha value is -1.09. The molecule has 1 fully saturated rings. The first-order valence-corrected chi connectivity index (χ1v) is 7.06. The number of hydrogen-bond acceptors (Lipinski definition) is 1. The van der Waals surface area contributed by atoms with Crippen LogP contribution >= 0.6 is 11.6 Å². The van der Waals surface area contributed by atoms with Gasteiger partial charge in [-0.05, 0) is 25.0 Å². The van der Waals surface area contributed by atoms with Gasteiger partial charge in [-0.25, -0.2) is 9.37 Å². The van der Waals surface area contributed by atoms with Crippen LogP contribution < -0.4 is 0 Å². The van der Waals surface area contributed by atoms with E-state index in [9.17, 15) is 4.39 Å². The summed E-state index contributed by atoms with van der Waals surface area (Å²) in [6, 6.07) is 5.66. The van der Waals surface area contributed by atoms with Gasteiger partial charge >= 0.3 is 0 Å². The van der Waals surface area contributed by atoms with Gasteiger partial charge in [0.05, 0.1) is 5.52 Å². The molecule has 2 aromatic rings. The van der Waals surface area contributed by atoms with Gasteiger partial charge in [0.15, 0.2) is 5.82 Å². The Morgan fingerprint density at radius 3 is 2.83 bits per heavy atom. The molecule has 1 heterocycles. The fourth-order valence-electron chi connectivity index (χ4n) is 2.96. The molecule has 0 amide bonds. The number of halogens is 2. The van der Waals surface area contributed by atoms with Crippen LogP contribution in [0, 0.1) is 5.82 Å². The van der Waals surface area contributed by atoms with Gasteiger partial charge < -0.3 is 4.57 Å². The minimum absolute atomic E-state index is 0.236. The van der Waals surface area contributed by atoms with Crippen molar-refractivity contribution in [3.05, 3.63) is 29.8 Å². The van der Waals surface area contributed by atoms with E-state index in [1.807, 2.05) is 6.07 Å². The highest BCUT2D eigenvalue weighted by Gasteiger charge is 2.23. The monoisotopic (exact) mass is 266 g/mol. The van der Waals surface area contributed by atoms with Crippen LogP contribution in [0.3, 0.4) is 0 Å². The Bertz CT molecular complexity index is 558. The van der Waals surface area contributed by atoms with E-state index in [0.717, 1.165) is 24.2 Å². The summed E-state index contributed by atoms with van der Waals surface area (Å²) in [6.07, 6.45) is 5.53. The molecule has 0 spiro atoms. The second kappa shape index (κ2) is 4.88. The summed E-state index contributed by atoms with van der Waals surface area (Å²) in [6.45, 7) is 0. The van der Waals surface area contributed by atoms with Gasteiger partial charge in [0.25, 0.3) is 0 Å². The summed E-state index contributed by atoms with van der Waals surface area (Å²) in [5.74, 6) is 1.22. The molecule has 0 radical (unpaired) electrons. The fraction of sp³-hybridized carbons (Fsp3) is 0.500. The van der Waals surface area contributed by atoms with E-state index >= 15 is 0 Å². The maximum atomic E-state index is 13.8. The number of benzene rings is 1. The van der Waals surface area contributed by atoms with E-state index in [1.165, 1.54) is 18.9 Å². The molecule has 1 aromatic carbocycles. The Balaban J connectivity index is 2.18. The lowest BCUT2D eigenvalue weighted by atomic mass is 10.2. The van der Waals surface area contributed by atoms with Crippen LogP contribution in [0.15, 0.2) is 18.2 Å². The topological polar surface area (TPSA) is 17.8 Å². The number of aromatic nitrogens is 2. The van der Waals surface area contributed by atoms with E-state index in [-0.39, 0.29) is 5.82 Å². The number of alkyl halides is 1. The van der Waals surface area contributed by atoms with Gasteiger partial charge in [-0.1, -0.05) is 18.9 Å². The van der Waals surface area contributed by atoms with E-state index in [0.29, 0.717) is 23.9 Å². The maximum absolute atomic E-state index is 13.8. The highest BCUT2D eigenvalue weighted by Crippen LogP contribution is 2.34. The van der Waals surface area contributed by atoms with Gasteiger partial charge in [-0.15, -0.1) is 11.6 Å². The normalized spacial score (nSPS) is 16.8. The number of imidazole rings is 1. The third kappa shape index (κ3) is 1.91. The molecule has 0 bridgehead atoms. The highest BCUT2D eigenvalue weighted by molar-refractivity contribution is 6.17. The molecule has 1 aliphatic carbocycles. The van der Waals surface area contributed by atoms with Gasteiger partial charge in [0, 0.05) is 18.3 Å². The lowest BCUT2D eigenvalue weighted by Crippen LogP contribution is -2.09. The van der Waals surface area contributed by atoms with Crippen molar-refractivity contribution < 1.29 is 4.39 Å². The molecular formula is C14H16ClFN2. The molecule has 0 atom stereocenters. The van der Waals surface area contributed by atoms with Crippen LogP contribution in [0.25, 0.3) is 11.0 Å². The second-order valence-corrected chi connectivity index (χ2v) is 5.26. The molecule has 1 aliphatic rings. The van der Waals surface area contributed by atoms with Crippen LogP contribution in [0.1, 0.15) is 37.5 Å². The van der Waals surface area contributed by atoms with Crippen molar-refractivity contribution in [2.75, 3.05) is 5.88 Å². The number of aryl methyl sites for hydroxylation is 1. The standard InChI is InChI=1S/C14H16ClFN2/c15-9-8-13-17-14-11(16)6-3-7-12(14)18(13)10-4-1-2-5-10/h3,6-7,10H,1-2,4-5,8-9H2. The van der Waals surface area contributed by atoms with E-state index in [1.54, 1.807) is 6.07 Å². The van der Waals surface area contributed by atoms with Crippen LogP contribution in [0.5, 0.6) is 0 Å². The number of nitrogens with zero attached hydrogens (tertiary/aromatic N) is 2. The van der Waals surface area contributed by atoms with Crippen molar-refractivity contribution in [2.24, 2.45) is 0 Å². The van der Waals surface area contributed by atoms with Crippen molar-refractivity contribution in [3.8, 4) is 0 Å². The Kier molecular flexibility index (Phi) is 3.25. The summed E-state index contributed by atoms with van der Waals surface area (Å²) in [5.41, 5.74) is 1.41. The van der Waals surface area contributed by atoms with Crippen LogP contribution in [0.2, 0.25) is 0 Å². The summed E-state index contributed by atoms with van der Waals surface area (Å²) in [5, 5.41) is 0. The summed E-state index contributed by atoms with van der Waals surface area (Å²) >= 11 is 5.83. The SMILES string of the molecule is Fc1cccc2c1nc(CCCl)n2C1CCCC1. The first-order chi connectivity index (χ1) is 8.81. The average Bonchev–Trinajstić information content (AvgIpc) is 2.96. The molecule has 1 saturated carbocycles. The van der Waals surface area contributed by atoms with Crippen LogP contribution in [0.4, 0.5) is 4.39 Å². The fourth-order valence-corrected chi connectivity index (χ4v) is 3.13. The number of hydrogen-bond donors (Lipinski definition) is 0. The quantitative estimate of drug-likeness (QED) is 0.766. The zero-order valence-electron chi connectivity index (χ0n) is 10.2. The second-order valence-electron chi connectivity index (χ2n) is 4.88. The zero-order valence-corrected chi connectivity index (χ0v) is 11.0. The number of fused-ring (bicyclic) bond motifs is 1. The lowest BCUT2D eigenvalue weighted by molar-refractivity contribution is 0.513. The molecule has 0 aliphatic heterocycles. The molecule has 0 N–H and O–H groups in total. The van der Waals surface area contributed by atoms with E-state index < -0.39 is 0 Å². The van der Waals surface area contributed by atoms with E-state index in [4.69, 9.17) is 11.6 Å². The van der Waals surface area contributed by atoms with Crippen LogP contribution in [-0.2, 0) is 6.42 Å². The molecule has 2 nitrogen and oxygen atoms in total. The number of para-hydroxylation sites is 1. The molecular weight excluding hydrogens is 251 g/mol. The molecule has 0 unspecified atom stereocenters. The average molecular weight is 267 g/mol. The van der Waals surface area contributed by atoms with Gasteiger partial charge in [-0.3, -0.25) is 0 Å². The molecule has 0 saturated heterocycles. The summed E-state index contributed by atoms with van der Waals surface area (Å²) in [7, 11) is 0. The third-order valence-electron chi connectivity index (χ3n) is 3.75. The smallest absolute Gasteiger partial charge is 0.151 e. The zero-order chi connectivity index (χ0) is 12.5. The first kappa shape index (κ1) is 12.0. The van der Waals surface area contributed by atoms with Crippen LogP contribution in [-0.4, -0.2) is 15.4 Å². The molecule has 3 rings (SSSR count). The Labute approximate surface area is 111 Å². The highest BCUT2D eigenvalue weighted by atomic mass is 35.5. The predicted molar refractivity (Wildman–Crippen MR) is 71.6 cm³/mol. The van der Waals surface area contributed by atoms with Gasteiger partial charge in [0.2, 0.25) is 0 Å². The van der Waals surface area contributed by atoms with Crippen molar-refractivity contribution >= 4 is 22.6 Å². The van der Waals surface area contributed by atoms with E-state index in [2.05, 4.69) is 9.55 Å². The minimum Gasteiger partial charge on any atom is -0.325 e. The van der Waals surface area contributed by atoms with Crippen molar-refractivity contribution in [1.29, 1.82) is 0 Å². The predicted octanol–water partition coefficient (Wildman–Crippen LogP) is 4.07. The Morgan fingerprint density at radius 1 is 1.33 bits per heavy atom. The molecule has 1 aromatic heterocycles. The molecule has 18 heavy (non-hydrogen) atoms.